The number of amides is 1. The van der Waals surface area contributed by atoms with E-state index in [-0.39, 0.29) is 17.1 Å². The standard InChI is InChI=1S/C19H20N4O2S/c1-13(2)16(18(24)23(3)15-7-5-4-6-8-15)26-19-22-21-17(25-19)14-9-11-20-12-10-14/h4-13,16H,1-3H3. The van der Waals surface area contributed by atoms with Gasteiger partial charge < -0.3 is 9.32 Å². The van der Waals surface area contributed by atoms with Crippen LogP contribution in [-0.4, -0.2) is 33.4 Å². The molecule has 0 aliphatic carbocycles. The van der Waals surface area contributed by atoms with Gasteiger partial charge in [-0.05, 0) is 30.2 Å². The van der Waals surface area contributed by atoms with Crippen molar-refractivity contribution >= 4 is 23.4 Å². The van der Waals surface area contributed by atoms with Crippen molar-refractivity contribution < 1.29 is 9.21 Å². The molecule has 3 aromatic rings. The highest BCUT2D eigenvalue weighted by Crippen LogP contribution is 2.31. The number of carbonyl (C=O) groups is 1. The van der Waals surface area contributed by atoms with E-state index in [1.165, 1.54) is 11.8 Å². The first-order chi connectivity index (χ1) is 12.6. The van der Waals surface area contributed by atoms with Crippen LogP contribution in [0.5, 0.6) is 0 Å². The van der Waals surface area contributed by atoms with Crippen LogP contribution < -0.4 is 4.90 Å². The molecule has 1 unspecified atom stereocenters. The molecule has 0 aliphatic rings. The van der Waals surface area contributed by atoms with Crippen LogP contribution in [0.3, 0.4) is 0 Å². The summed E-state index contributed by atoms with van der Waals surface area (Å²) in [6.07, 6.45) is 3.34. The van der Waals surface area contributed by atoms with Crippen molar-refractivity contribution in [1.82, 2.24) is 15.2 Å². The Morgan fingerprint density at radius 3 is 2.42 bits per heavy atom. The molecule has 3 rings (SSSR count). The third-order valence-corrected chi connectivity index (χ3v) is 5.25. The molecule has 134 valence electrons. The highest BCUT2D eigenvalue weighted by molar-refractivity contribution is 8.00. The average Bonchev–Trinajstić information content (AvgIpc) is 3.15. The molecular formula is C19H20N4O2S. The van der Waals surface area contributed by atoms with E-state index < -0.39 is 0 Å². The predicted octanol–water partition coefficient (Wildman–Crippen LogP) is 3.91. The number of benzene rings is 1. The van der Waals surface area contributed by atoms with E-state index in [0.29, 0.717) is 11.1 Å². The molecular weight excluding hydrogens is 348 g/mol. The Bertz CT molecular complexity index is 852. The number of pyridine rings is 1. The van der Waals surface area contributed by atoms with E-state index in [1.807, 2.05) is 44.2 Å². The van der Waals surface area contributed by atoms with Crippen molar-refractivity contribution in [3.63, 3.8) is 0 Å². The zero-order valence-corrected chi connectivity index (χ0v) is 15.7. The van der Waals surface area contributed by atoms with E-state index in [1.54, 1.807) is 36.5 Å². The van der Waals surface area contributed by atoms with Gasteiger partial charge in [-0.15, -0.1) is 10.2 Å². The number of carbonyl (C=O) groups excluding carboxylic acids is 1. The first-order valence-corrected chi connectivity index (χ1v) is 9.17. The van der Waals surface area contributed by atoms with Crippen molar-refractivity contribution in [2.24, 2.45) is 5.92 Å². The Hall–Kier alpha value is -2.67. The monoisotopic (exact) mass is 368 g/mol. The highest BCUT2D eigenvalue weighted by atomic mass is 32.2. The number of aromatic nitrogens is 3. The Kier molecular flexibility index (Phi) is 5.68. The van der Waals surface area contributed by atoms with Crippen LogP contribution in [0, 0.1) is 5.92 Å². The van der Waals surface area contributed by atoms with Crippen molar-refractivity contribution in [3.05, 3.63) is 54.9 Å². The molecule has 0 saturated heterocycles. The molecule has 1 aromatic carbocycles. The number of rotatable bonds is 6. The molecule has 7 heteroatoms. The highest BCUT2D eigenvalue weighted by Gasteiger charge is 2.29. The van der Waals surface area contributed by atoms with Crippen LogP contribution in [-0.2, 0) is 4.79 Å². The third kappa shape index (κ3) is 4.11. The molecule has 0 spiro atoms. The van der Waals surface area contributed by atoms with Crippen molar-refractivity contribution in [2.75, 3.05) is 11.9 Å². The summed E-state index contributed by atoms with van der Waals surface area (Å²) in [6, 6.07) is 13.2. The number of hydrogen-bond donors (Lipinski definition) is 0. The summed E-state index contributed by atoms with van der Waals surface area (Å²) in [4.78, 5) is 18.6. The summed E-state index contributed by atoms with van der Waals surface area (Å²) in [6.45, 7) is 4.02. The van der Waals surface area contributed by atoms with Gasteiger partial charge in [-0.25, -0.2) is 0 Å². The van der Waals surface area contributed by atoms with Crippen LogP contribution in [0.2, 0.25) is 0 Å². The van der Waals surface area contributed by atoms with E-state index in [2.05, 4.69) is 15.2 Å². The lowest BCUT2D eigenvalue weighted by atomic mass is 10.1. The maximum atomic E-state index is 13.0. The first kappa shape index (κ1) is 18.1. The summed E-state index contributed by atoms with van der Waals surface area (Å²) in [5.41, 5.74) is 1.65. The molecule has 0 saturated carbocycles. The minimum atomic E-state index is -0.328. The number of para-hydroxylation sites is 1. The number of nitrogens with zero attached hydrogens (tertiary/aromatic N) is 4. The Labute approximate surface area is 156 Å². The molecule has 0 N–H and O–H groups in total. The molecule has 1 atom stereocenters. The fourth-order valence-corrected chi connectivity index (χ4v) is 3.38. The van der Waals surface area contributed by atoms with Gasteiger partial charge in [0.25, 0.3) is 5.22 Å². The van der Waals surface area contributed by atoms with Gasteiger partial charge in [0.2, 0.25) is 11.8 Å². The smallest absolute Gasteiger partial charge is 0.277 e. The lowest BCUT2D eigenvalue weighted by Gasteiger charge is -2.24. The average molecular weight is 368 g/mol. The molecule has 26 heavy (non-hydrogen) atoms. The van der Waals surface area contributed by atoms with E-state index in [9.17, 15) is 4.79 Å². The van der Waals surface area contributed by atoms with Gasteiger partial charge in [0.1, 0.15) is 0 Å². The normalized spacial score (nSPS) is 12.2. The largest absolute Gasteiger partial charge is 0.411 e. The topological polar surface area (TPSA) is 72.1 Å². The Balaban J connectivity index is 1.77. The second-order valence-electron chi connectivity index (χ2n) is 6.12. The maximum absolute atomic E-state index is 13.0. The molecule has 2 aromatic heterocycles. The fourth-order valence-electron chi connectivity index (χ4n) is 2.42. The van der Waals surface area contributed by atoms with Gasteiger partial charge >= 0.3 is 0 Å². The SMILES string of the molecule is CC(C)C(Sc1nnc(-c2ccncc2)o1)C(=O)N(C)c1ccccc1. The van der Waals surface area contributed by atoms with Gasteiger partial charge in [-0.1, -0.05) is 43.8 Å². The van der Waals surface area contributed by atoms with E-state index >= 15 is 0 Å². The second-order valence-corrected chi connectivity index (χ2v) is 7.22. The van der Waals surface area contributed by atoms with E-state index in [4.69, 9.17) is 4.42 Å². The van der Waals surface area contributed by atoms with Crippen molar-refractivity contribution in [3.8, 4) is 11.5 Å². The number of anilines is 1. The summed E-state index contributed by atoms with van der Waals surface area (Å²) in [5.74, 6) is 0.524. The number of hydrogen-bond acceptors (Lipinski definition) is 6. The summed E-state index contributed by atoms with van der Waals surface area (Å²) >= 11 is 1.30. The molecule has 0 fully saturated rings. The van der Waals surface area contributed by atoms with E-state index in [0.717, 1.165) is 11.3 Å². The lowest BCUT2D eigenvalue weighted by molar-refractivity contribution is -0.118. The van der Waals surface area contributed by atoms with Crippen LogP contribution in [0.4, 0.5) is 5.69 Å². The van der Waals surface area contributed by atoms with Crippen LogP contribution in [0.1, 0.15) is 13.8 Å². The summed E-state index contributed by atoms with van der Waals surface area (Å²) < 4.78 is 5.73. The zero-order valence-electron chi connectivity index (χ0n) is 14.9. The van der Waals surface area contributed by atoms with Crippen LogP contribution in [0.15, 0.2) is 64.5 Å². The summed E-state index contributed by atoms with van der Waals surface area (Å²) in [7, 11) is 1.78. The molecule has 6 nitrogen and oxygen atoms in total. The molecule has 0 bridgehead atoms. The predicted molar refractivity (Wildman–Crippen MR) is 102 cm³/mol. The Morgan fingerprint density at radius 2 is 1.77 bits per heavy atom. The van der Waals surface area contributed by atoms with Gasteiger partial charge in [-0.3, -0.25) is 9.78 Å². The van der Waals surface area contributed by atoms with Gasteiger partial charge in [0.15, 0.2) is 0 Å². The van der Waals surface area contributed by atoms with Crippen molar-refractivity contribution in [2.45, 2.75) is 24.3 Å². The van der Waals surface area contributed by atoms with Crippen LogP contribution >= 0.6 is 11.8 Å². The van der Waals surface area contributed by atoms with Crippen LogP contribution in [0.25, 0.3) is 11.5 Å². The van der Waals surface area contributed by atoms with Gasteiger partial charge in [0.05, 0.1) is 5.25 Å². The zero-order chi connectivity index (χ0) is 18.5. The molecule has 1 amide bonds. The summed E-state index contributed by atoms with van der Waals surface area (Å²) in [5, 5.41) is 8.21. The molecule has 0 radical (unpaired) electrons. The molecule has 0 aliphatic heterocycles. The third-order valence-electron chi connectivity index (χ3n) is 3.88. The minimum Gasteiger partial charge on any atom is -0.411 e. The van der Waals surface area contributed by atoms with Gasteiger partial charge in [0, 0.05) is 30.7 Å². The lowest BCUT2D eigenvalue weighted by Crippen LogP contribution is -2.37. The number of thioether (sulfide) groups is 1. The second kappa shape index (κ2) is 8.14. The first-order valence-electron chi connectivity index (χ1n) is 8.29. The fraction of sp³-hybridized carbons (Fsp3) is 0.263. The molecule has 2 heterocycles. The maximum Gasteiger partial charge on any atom is 0.277 e. The Morgan fingerprint density at radius 1 is 1.08 bits per heavy atom. The van der Waals surface area contributed by atoms with Crippen molar-refractivity contribution in [1.29, 1.82) is 0 Å². The minimum absolute atomic E-state index is 0.000129. The quantitative estimate of drug-likeness (QED) is 0.614. The van der Waals surface area contributed by atoms with Gasteiger partial charge in [-0.2, -0.15) is 0 Å².